The monoisotopic (exact) mass is 208 g/mol. The molecule has 0 radical (unpaired) electrons. The lowest BCUT2D eigenvalue weighted by Crippen LogP contribution is -2.21. The summed E-state index contributed by atoms with van der Waals surface area (Å²) in [7, 11) is 0. The van der Waals surface area contributed by atoms with Crippen molar-refractivity contribution in [2.75, 3.05) is 0 Å². The molecule has 0 saturated carbocycles. The van der Waals surface area contributed by atoms with Crippen LogP contribution in [-0.4, -0.2) is 11.2 Å². The lowest BCUT2D eigenvalue weighted by atomic mass is 9.70. The van der Waals surface area contributed by atoms with Crippen molar-refractivity contribution in [2.24, 2.45) is 5.41 Å². The molecule has 1 heteroatoms. The lowest BCUT2D eigenvalue weighted by molar-refractivity contribution is 0.243. The second-order valence-electron chi connectivity index (χ2n) is 5.48. The Hall–Kier alpha value is -0.560. The van der Waals surface area contributed by atoms with Crippen LogP contribution in [-0.2, 0) is 0 Å². The number of hydrogen-bond acceptors (Lipinski definition) is 1. The summed E-state index contributed by atoms with van der Waals surface area (Å²) in [5, 5.41) is 9.41. The first kappa shape index (κ1) is 12.5. The van der Waals surface area contributed by atoms with Gasteiger partial charge in [-0.15, -0.1) is 0 Å². The van der Waals surface area contributed by atoms with Crippen LogP contribution in [0.3, 0.4) is 0 Å². The van der Waals surface area contributed by atoms with Crippen LogP contribution in [0, 0.1) is 5.41 Å². The molecule has 1 atom stereocenters. The van der Waals surface area contributed by atoms with E-state index in [1.165, 1.54) is 36.0 Å². The molecule has 0 aromatic carbocycles. The molecular formula is C14H24O. The maximum absolute atomic E-state index is 9.41. The van der Waals surface area contributed by atoms with E-state index < -0.39 is 0 Å². The Labute approximate surface area is 93.9 Å². The van der Waals surface area contributed by atoms with Crippen LogP contribution in [0.15, 0.2) is 22.8 Å². The maximum atomic E-state index is 9.41. The zero-order valence-corrected chi connectivity index (χ0v) is 10.7. The molecule has 15 heavy (non-hydrogen) atoms. The van der Waals surface area contributed by atoms with Gasteiger partial charge in [0.1, 0.15) is 0 Å². The van der Waals surface area contributed by atoms with Crippen molar-refractivity contribution in [1.82, 2.24) is 0 Å². The van der Waals surface area contributed by atoms with Gasteiger partial charge in [-0.3, -0.25) is 0 Å². The molecule has 1 nitrogen and oxygen atoms in total. The average molecular weight is 208 g/mol. The molecule has 1 N–H and O–H groups in total. The highest BCUT2D eigenvalue weighted by Crippen LogP contribution is 2.43. The van der Waals surface area contributed by atoms with Crippen molar-refractivity contribution in [3.8, 4) is 0 Å². The molecule has 1 aliphatic carbocycles. The quantitative estimate of drug-likeness (QED) is 0.731. The molecule has 0 amide bonds. The second-order valence-corrected chi connectivity index (χ2v) is 5.48. The Balaban J connectivity index is 3.09. The summed E-state index contributed by atoms with van der Waals surface area (Å²) in [6.07, 6.45) is 5.38. The van der Waals surface area contributed by atoms with Crippen LogP contribution in [0.5, 0.6) is 0 Å². The van der Waals surface area contributed by atoms with E-state index in [2.05, 4.69) is 27.7 Å². The van der Waals surface area contributed by atoms with Gasteiger partial charge in [0.15, 0.2) is 0 Å². The highest BCUT2D eigenvalue weighted by molar-refractivity contribution is 5.39. The van der Waals surface area contributed by atoms with Gasteiger partial charge >= 0.3 is 0 Å². The summed E-state index contributed by atoms with van der Waals surface area (Å²) in [5.74, 6) is 0. The van der Waals surface area contributed by atoms with E-state index >= 15 is 0 Å². The average Bonchev–Trinajstić information content (AvgIpc) is 1.99. The number of hydrogen-bond donors (Lipinski definition) is 1. The van der Waals surface area contributed by atoms with Crippen molar-refractivity contribution in [3.63, 3.8) is 0 Å². The van der Waals surface area contributed by atoms with E-state index in [4.69, 9.17) is 0 Å². The predicted octanol–water partition coefficient (Wildman–Crippen LogP) is 3.84. The van der Waals surface area contributed by atoms with Crippen LogP contribution in [0.1, 0.15) is 53.9 Å². The summed E-state index contributed by atoms with van der Waals surface area (Å²) in [4.78, 5) is 0. The van der Waals surface area contributed by atoms with Gasteiger partial charge in [-0.1, -0.05) is 25.5 Å². The lowest BCUT2D eigenvalue weighted by Gasteiger charge is -2.35. The SMILES string of the molecule is CC1=C(/C(C)=C\C(C)O)C(C)(C)CCC1. The van der Waals surface area contributed by atoms with Gasteiger partial charge in [0, 0.05) is 0 Å². The predicted molar refractivity (Wildman–Crippen MR) is 65.8 cm³/mol. The second kappa shape index (κ2) is 4.52. The molecule has 0 saturated heterocycles. The van der Waals surface area contributed by atoms with E-state index in [1.54, 1.807) is 0 Å². The number of rotatable bonds is 2. The third-order valence-electron chi connectivity index (χ3n) is 3.34. The Bertz CT molecular complexity index is 292. The minimum atomic E-state index is -0.344. The smallest absolute Gasteiger partial charge is 0.0698 e. The highest BCUT2D eigenvalue weighted by atomic mass is 16.3. The largest absolute Gasteiger partial charge is 0.389 e. The van der Waals surface area contributed by atoms with Gasteiger partial charge in [0.2, 0.25) is 0 Å². The highest BCUT2D eigenvalue weighted by Gasteiger charge is 2.29. The fourth-order valence-electron chi connectivity index (χ4n) is 2.94. The van der Waals surface area contributed by atoms with Crippen LogP contribution < -0.4 is 0 Å². The Morgan fingerprint density at radius 1 is 1.47 bits per heavy atom. The van der Waals surface area contributed by atoms with E-state index in [-0.39, 0.29) is 11.5 Å². The van der Waals surface area contributed by atoms with Crippen molar-refractivity contribution in [2.45, 2.75) is 60.0 Å². The summed E-state index contributed by atoms with van der Waals surface area (Å²) in [6.45, 7) is 10.8. The first-order valence-corrected chi connectivity index (χ1v) is 5.91. The van der Waals surface area contributed by atoms with Crippen molar-refractivity contribution in [3.05, 3.63) is 22.8 Å². The molecule has 0 bridgehead atoms. The first-order chi connectivity index (χ1) is 6.84. The normalized spacial score (nSPS) is 24.3. The van der Waals surface area contributed by atoms with E-state index in [0.717, 1.165) is 0 Å². The molecule has 1 rings (SSSR count). The molecule has 0 aliphatic heterocycles. The molecule has 1 aliphatic rings. The molecular weight excluding hydrogens is 184 g/mol. The molecule has 0 aromatic rings. The first-order valence-electron chi connectivity index (χ1n) is 5.91. The standard InChI is InChI=1S/C14H24O/c1-10-7-6-8-14(4,5)13(10)11(2)9-12(3)15/h9,12,15H,6-8H2,1-5H3/b11-9-. The number of aliphatic hydroxyl groups is 1. The molecule has 86 valence electrons. The fraction of sp³-hybridized carbons (Fsp3) is 0.714. The summed E-state index contributed by atoms with van der Waals surface area (Å²) in [6, 6.07) is 0. The minimum absolute atomic E-state index is 0.276. The summed E-state index contributed by atoms with van der Waals surface area (Å²) >= 11 is 0. The van der Waals surface area contributed by atoms with E-state index in [1.807, 2.05) is 13.0 Å². The molecule has 0 aromatic heterocycles. The van der Waals surface area contributed by atoms with Crippen molar-refractivity contribution < 1.29 is 5.11 Å². The van der Waals surface area contributed by atoms with E-state index in [9.17, 15) is 5.11 Å². The van der Waals surface area contributed by atoms with Crippen LogP contribution in [0.2, 0.25) is 0 Å². The third-order valence-corrected chi connectivity index (χ3v) is 3.34. The Morgan fingerprint density at radius 2 is 2.07 bits per heavy atom. The molecule has 0 fully saturated rings. The fourth-order valence-corrected chi connectivity index (χ4v) is 2.94. The van der Waals surface area contributed by atoms with Crippen LogP contribution in [0.4, 0.5) is 0 Å². The topological polar surface area (TPSA) is 20.2 Å². The zero-order valence-electron chi connectivity index (χ0n) is 10.7. The summed E-state index contributed by atoms with van der Waals surface area (Å²) in [5.41, 5.74) is 4.50. The molecule has 0 spiro atoms. The van der Waals surface area contributed by atoms with Crippen molar-refractivity contribution in [1.29, 1.82) is 0 Å². The molecule has 0 heterocycles. The minimum Gasteiger partial charge on any atom is -0.389 e. The van der Waals surface area contributed by atoms with Crippen molar-refractivity contribution >= 4 is 0 Å². The Kier molecular flexibility index (Phi) is 3.77. The third kappa shape index (κ3) is 2.94. The zero-order chi connectivity index (χ0) is 11.6. The van der Waals surface area contributed by atoms with E-state index in [0.29, 0.717) is 0 Å². The van der Waals surface area contributed by atoms with Gasteiger partial charge in [0.05, 0.1) is 6.10 Å². The van der Waals surface area contributed by atoms with Gasteiger partial charge in [-0.2, -0.15) is 0 Å². The number of allylic oxidation sites excluding steroid dienone is 3. The van der Waals surface area contributed by atoms with Crippen LogP contribution >= 0.6 is 0 Å². The number of aliphatic hydroxyl groups excluding tert-OH is 1. The maximum Gasteiger partial charge on any atom is 0.0698 e. The van der Waals surface area contributed by atoms with Gasteiger partial charge in [0.25, 0.3) is 0 Å². The van der Waals surface area contributed by atoms with Gasteiger partial charge < -0.3 is 5.11 Å². The van der Waals surface area contributed by atoms with Gasteiger partial charge in [-0.25, -0.2) is 0 Å². The Morgan fingerprint density at radius 3 is 2.53 bits per heavy atom. The molecule has 1 unspecified atom stereocenters. The van der Waals surface area contributed by atoms with Crippen LogP contribution in [0.25, 0.3) is 0 Å². The summed E-state index contributed by atoms with van der Waals surface area (Å²) < 4.78 is 0. The van der Waals surface area contributed by atoms with Gasteiger partial charge in [-0.05, 0) is 56.6 Å².